The van der Waals surface area contributed by atoms with Crippen molar-refractivity contribution < 1.29 is 5.11 Å². The molecule has 0 radical (unpaired) electrons. The van der Waals surface area contributed by atoms with Gasteiger partial charge in [-0.25, -0.2) is 0 Å². The van der Waals surface area contributed by atoms with Gasteiger partial charge in [0.1, 0.15) is 5.75 Å². The second-order valence-corrected chi connectivity index (χ2v) is 5.41. The van der Waals surface area contributed by atoms with Crippen molar-refractivity contribution in [3.05, 3.63) is 29.8 Å². The Hall–Kier alpha value is -0.540. The van der Waals surface area contributed by atoms with Crippen molar-refractivity contribution in [2.24, 2.45) is 0 Å². The molecule has 2 nitrogen and oxygen atoms in total. The van der Waals surface area contributed by atoms with E-state index in [1.165, 1.54) is 18.4 Å². The largest absolute Gasteiger partial charge is 0.508 e. The van der Waals surface area contributed by atoms with Crippen molar-refractivity contribution in [3.8, 4) is 5.75 Å². The standard InChI is InChI=1S/C12H16BrNO/c13-11-5-7-14(8-6-11)9-10-1-3-12(15)4-2-10/h1-4,11,15H,5-9H2. The van der Waals surface area contributed by atoms with Crippen LogP contribution in [0.25, 0.3) is 0 Å². The minimum atomic E-state index is 0.345. The van der Waals surface area contributed by atoms with Gasteiger partial charge in [0.15, 0.2) is 0 Å². The maximum absolute atomic E-state index is 9.18. The van der Waals surface area contributed by atoms with Crippen LogP contribution >= 0.6 is 15.9 Å². The lowest BCUT2D eigenvalue weighted by Crippen LogP contribution is -2.33. The van der Waals surface area contributed by atoms with Crippen molar-refractivity contribution in [2.75, 3.05) is 13.1 Å². The number of hydrogen-bond donors (Lipinski definition) is 1. The third-order valence-electron chi connectivity index (χ3n) is 2.86. The quantitative estimate of drug-likeness (QED) is 0.835. The van der Waals surface area contributed by atoms with Crippen LogP contribution < -0.4 is 0 Å². The van der Waals surface area contributed by atoms with E-state index in [0.29, 0.717) is 10.6 Å². The number of benzene rings is 1. The van der Waals surface area contributed by atoms with Gasteiger partial charge in [0.2, 0.25) is 0 Å². The minimum absolute atomic E-state index is 0.345. The van der Waals surface area contributed by atoms with E-state index in [-0.39, 0.29) is 0 Å². The van der Waals surface area contributed by atoms with Gasteiger partial charge in [0.05, 0.1) is 0 Å². The average molecular weight is 270 g/mol. The molecule has 15 heavy (non-hydrogen) atoms. The normalized spacial score (nSPS) is 19.3. The first-order valence-electron chi connectivity index (χ1n) is 5.38. The summed E-state index contributed by atoms with van der Waals surface area (Å²) in [6.07, 6.45) is 2.47. The highest BCUT2D eigenvalue weighted by molar-refractivity contribution is 9.09. The van der Waals surface area contributed by atoms with E-state index in [1.807, 2.05) is 12.1 Å². The van der Waals surface area contributed by atoms with Crippen molar-refractivity contribution >= 4 is 15.9 Å². The van der Waals surface area contributed by atoms with E-state index >= 15 is 0 Å². The molecule has 2 rings (SSSR count). The molecule has 0 amide bonds. The molecule has 1 fully saturated rings. The van der Waals surface area contributed by atoms with Gasteiger partial charge in [-0.2, -0.15) is 0 Å². The second kappa shape index (κ2) is 4.99. The lowest BCUT2D eigenvalue weighted by Gasteiger charge is -2.29. The molecular weight excluding hydrogens is 254 g/mol. The van der Waals surface area contributed by atoms with Gasteiger partial charge < -0.3 is 5.11 Å². The molecule has 1 aromatic carbocycles. The van der Waals surface area contributed by atoms with E-state index in [4.69, 9.17) is 0 Å². The number of halogens is 1. The first kappa shape index (κ1) is 11.0. The molecule has 1 N–H and O–H groups in total. The summed E-state index contributed by atoms with van der Waals surface area (Å²) in [5.41, 5.74) is 1.28. The van der Waals surface area contributed by atoms with Crippen molar-refractivity contribution in [1.29, 1.82) is 0 Å². The molecule has 0 saturated carbocycles. The molecule has 0 atom stereocenters. The van der Waals surface area contributed by atoms with Crippen LogP contribution in [0.3, 0.4) is 0 Å². The van der Waals surface area contributed by atoms with Crippen LogP contribution in [0.4, 0.5) is 0 Å². The molecule has 0 unspecified atom stereocenters. The van der Waals surface area contributed by atoms with E-state index in [0.717, 1.165) is 19.6 Å². The van der Waals surface area contributed by atoms with Crippen LogP contribution in [0, 0.1) is 0 Å². The number of likely N-dealkylation sites (tertiary alicyclic amines) is 1. The molecule has 1 saturated heterocycles. The zero-order chi connectivity index (χ0) is 10.7. The number of nitrogens with zero attached hydrogens (tertiary/aromatic N) is 1. The predicted molar refractivity (Wildman–Crippen MR) is 65.3 cm³/mol. The maximum atomic E-state index is 9.18. The molecule has 1 aliphatic heterocycles. The van der Waals surface area contributed by atoms with E-state index in [9.17, 15) is 5.11 Å². The fraction of sp³-hybridized carbons (Fsp3) is 0.500. The first-order chi connectivity index (χ1) is 7.24. The average Bonchev–Trinajstić information content (AvgIpc) is 2.25. The molecule has 3 heteroatoms. The van der Waals surface area contributed by atoms with Gasteiger partial charge in [-0.3, -0.25) is 4.90 Å². The Bertz CT molecular complexity index is 304. The van der Waals surface area contributed by atoms with E-state index < -0.39 is 0 Å². The number of phenolic OH excluding ortho intramolecular Hbond substituents is 1. The SMILES string of the molecule is Oc1ccc(CN2CCC(Br)CC2)cc1. The summed E-state index contributed by atoms with van der Waals surface area (Å²) >= 11 is 3.65. The Balaban J connectivity index is 1.89. The highest BCUT2D eigenvalue weighted by Crippen LogP contribution is 2.19. The summed E-state index contributed by atoms with van der Waals surface area (Å²) < 4.78 is 0. The van der Waals surface area contributed by atoms with Crippen LogP contribution in [0.5, 0.6) is 5.75 Å². The Kier molecular flexibility index (Phi) is 3.65. The molecule has 1 heterocycles. The molecular formula is C12H16BrNO. The van der Waals surface area contributed by atoms with E-state index in [1.54, 1.807) is 12.1 Å². The summed E-state index contributed by atoms with van der Waals surface area (Å²) in [5, 5.41) is 9.18. The second-order valence-electron chi connectivity index (χ2n) is 4.12. The van der Waals surface area contributed by atoms with Gasteiger partial charge in [-0.1, -0.05) is 28.1 Å². The van der Waals surface area contributed by atoms with Gasteiger partial charge in [-0.15, -0.1) is 0 Å². The summed E-state index contributed by atoms with van der Waals surface area (Å²) in [6, 6.07) is 7.50. The van der Waals surface area contributed by atoms with Crippen molar-refractivity contribution in [1.82, 2.24) is 4.90 Å². The summed E-state index contributed by atoms with van der Waals surface area (Å²) in [5.74, 6) is 0.345. The highest BCUT2D eigenvalue weighted by Gasteiger charge is 2.16. The molecule has 0 spiro atoms. The van der Waals surface area contributed by atoms with Crippen LogP contribution in [0.1, 0.15) is 18.4 Å². The molecule has 1 aliphatic rings. The predicted octanol–water partition coefficient (Wildman–Crippen LogP) is 2.75. The number of aromatic hydroxyl groups is 1. The lowest BCUT2D eigenvalue weighted by atomic mass is 10.1. The monoisotopic (exact) mass is 269 g/mol. The van der Waals surface area contributed by atoms with Gasteiger partial charge in [-0.05, 0) is 43.6 Å². The third kappa shape index (κ3) is 3.21. The minimum Gasteiger partial charge on any atom is -0.508 e. The van der Waals surface area contributed by atoms with E-state index in [2.05, 4.69) is 20.8 Å². The highest BCUT2D eigenvalue weighted by atomic mass is 79.9. The van der Waals surface area contributed by atoms with Crippen LogP contribution in [0.2, 0.25) is 0 Å². The fourth-order valence-corrected chi connectivity index (χ4v) is 2.33. The topological polar surface area (TPSA) is 23.5 Å². The molecule has 0 aromatic heterocycles. The maximum Gasteiger partial charge on any atom is 0.115 e. The van der Waals surface area contributed by atoms with Crippen molar-refractivity contribution in [2.45, 2.75) is 24.2 Å². The number of phenols is 1. The Morgan fingerprint density at radius 3 is 2.40 bits per heavy atom. The Labute approximate surface area is 99.0 Å². The number of alkyl halides is 1. The summed E-state index contributed by atoms with van der Waals surface area (Å²) in [7, 11) is 0. The van der Waals surface area contributed by atoms with Crippen LogP contribution in [0.15, 0.2) is 24.3 Å². The Morgan fingerprint density at radius 2 is 1.80 bits per heavy atom. The molecule has 0 aliphatic carbocycles. The first-order valence-corrected chi connectivity index (χ1v) is 6.30. The van der Waals surface area contributed by atoms with Gasteiger partial charge in [0, 0.05) is 11.4 Å². The summed E-state index contributed by atoms with van der Waals surface area (Å²) in [6.45, 7) is 3.33. The summed E-state index contributed by atoms with van der Waals surface area (Å²) in [4.78, 5) is 3.16. The van der Waals surface area contributed by atoms with Gasteiger partial charge in [0.25, 0.3) is 0 Å². The fourth-order valence-electron chi connectivity index (χ4n) is 1.92. The molecule has 0 bridgehead atoms. The van der Waals surface area contributed by atoms with Crippen LogP contribution in [-0.2, 0) is 6.54 Å². The molecule has 82 valence electrons. The lowest BCUT2D eigenvalue weighted by molar-refractivity contribution is 0.226. The number of piperidine rings is 1. The number of hydrogen-bond acceptors (Lipinski definition) is 2. The molecule has 1 aromatic rings. The van der Waals surface area contributed by atoms with Crippen LogP contribution in [-0.4, -0.2) is 27.9 Å². The van der Waals surface area contributed by atoms with Gasteiger partial charge >= 0.3 is 0 Å². The third-order valence-corrected chi connectivity index (χ3v) is 3.78. The number of rotatable bonds is 2. The van der Waals surface area contributed by atoms with Crippen molar-refractivity contribution in [3.63, 3.8) is 0 Å². The zero-order valence-electron chi connectivity index (χ0n) is 8.69. The smallest absolute Gasteiger partial charge is 0.115 e. The zero-order valence-corrected chi connectivity index (χ0v) is 10.3. The Morgan fingerprint density at radius 1 is 1.20 bits per heavy atom.